The maximum Gasteiger partial charge on any atom is 0.0641 e. The summed E-state index contributed by atoms with van der Waals surface area (Å²) in [7, 11) is 0. The van der Waals surface area contributed by atoms with Crippen LogP contribution in [0, 0.1) is 11.8 Å². The van der Waals surface area contributed by atoms with Gasteiger partial charge in [-0.25, -0.2) is 0 Å². The van der Waals surface area contributed by atoms with E-state index in [1.54, 1.807) is 0 Å². The fraction of sp³-hybridized carbons (Fsp3) is 1.00. The maximum atomic E-state index is 5.71. The molecular formula is C13H27NO. The van der Waals surface area contributed by atoms with E-state index in [2.05, 4.69) is 39.9 Å². The van der Waals surface area contributed by atoms with E-state index in [0.29, 0.717) is 6.04 Å². The molecule has 0 aromatic heterocycles. The van der Waals surface area contributed by atoms with E-state index in [-0.39, 0.29) is 5.60 Å². The molecule has 0 aromatic rings. The van der Waals surface area contributed by atoms with Crippen molar-refractivity contribution in [3.05, 3.63) is 0 Å². The third-order valence-corrected chi connectivity index (χ3v) is 3.56. The fourth-order valence-electron chi connectivity index (χ4n) is 1.99. The van der Waals surface area contributed by atoms with Crippen molar-refractivity contribution in [2.45, 2.75) is 59.1 Å². The molecule has 0 bridgehead atoms. The molecule has 2 atom stereocenters. The van der Waals surface area contributed by atoms with Gasteiger partial charge in [-0.2, -0.15) is 0 Å². The minimum atomic E-state index is 0.0665. The molecule has 1 fully saturated rings. The van der Waals surface area contributed by atoms with Crippen molar-refractivity contribution >= 4 is 0 Å². The molecule has 0 radical (unpaired) electrons. The second kappa shape index (κ2) is 5.31. The summed E-state index contributed by atoms with van der Waals surface area (Å²) in [6, 6.07) is 0.648. The van der Waals surface area contributed by atoms with Gasteiger partial charge in [0.05, 0.1) is 5.60 Å². The first kappa shape index (κ1) is 13.0. The average molecular weight is 213 g/mol. The molecule has 1 rings (SSSR count). The van der Waals surface area contributed by atoms with Crippen LogP contribution < -0.4 is 5.32 Å². The van der Waals surface area contributed by atoms with Gasteiger partial charge in [-0.3, -0.25) is 0 Å². The highest BCUT2D eigenvalue weighted by Crippen LogP contribution is 2.24. The summed E-state index contributed by atoms with van der Waals surface area (Å²) < 4.78 is 5.71. The summed E-state index contributed by atoms with van der Waals surface area (Å²) in [5.41, 5.74) is 0.0665. The minimum absolute atomic E-state index is 0.0665. The van der Waals surface area contributed by atoms with E-state index in [1.165, 1.54) is 0 Å². The van der Waals surface area contributed by atoms with Crippen LogP contribution in [0.5, 0.6) is 0 Å². The smallest absolute Gasteiger partial charge is 0.0641 e. The van der Waals surface area contributed by atoms with E-state index in [0.717, 1.165) is 37.8 Å². The van der Waals surface area contributed by atoms with Crippen LogP contribution in [0.4, 0.5) is 0 Å². The van der Waals surface area contributed by atoms with Crippen molar-refractivity contribution in [1.82, 2.24) is 5.32 Å². The summed E-state index contributed by atoms with van der Waals surface area (Å²) in [6.07, 6.45) is 2.30. The zero-order valence-corrected chi connectivity index (χ0v) is 11.0. The largest absolute Gasteiger partial charge is 0.375 e. The Morgan fingerprint density at radius 3 is 2.53 bits per heavy atom. The zero-order valence-electron chi connectivity index (χ0n) is 11.0. The second-order valence-corrected chi connectivity index (χ2v) is 5.93. The summed E-state index contributed by atoms with van der Waals surface area (Å²) in [5, 5.41) is 3.68. The van der Waals surface area contributed by atoms with Crippen LogP contribution in [0.1, 0.15) is 47.5 Å². The van der Waals surface area contributed by atoms with Crippen molar-refractivity contribution < 1.29 is 4.74 Å². The highest BCUT2D eigenvalue weighted by molar-refractivity contribution is 4.83. The molecule has 0 amide bonds. The number of rotatable bonds is 4. The number of ether oxygens (including phenoxy) is 1. The lowest BCUT2D eigenvalue weighted by Gasteiger charge is -2.36. The van der Waals surface area contributed by atoms with Gasteiger partial charge in [0, 0.05) is 12.6 Å². The molecular weight excluding hydrogens is 186 g/mol. The van der Waals surface area contributed by atoms with Crippen LogP contribution in [-0.2, 0) is 4.74 Å². The van der Waals surface area contributed by atoms with Crippen molar-refractivity contribution in [2.75, 3.05) is 13.2 Å². The third kappa shape index (κ3) is 4.52. The predicted octanol–water partition coefficient (Wildman–Crippen LogP) is 2.83. The third-order valence-electron chi connectivity index (χ3n) is 3.56. The summed E-state index contributed by atoms with van der Waals surface area (Å²) in [4.78, 5) is 0. The molecule has 0 saturated carbocycles. The van der Waals surface area contributed by atoms with Crippen LogP contribution in [0.25, 0.3) is 0 Å². The molecule has 0 spiro atoms. The Morgan fingerprint density at radius 1 is 1.33 bits per heavy atom. The van der Waals surface area contributed by atoms with E-state index in [1.807, 2.05) is 0 Å². The highest BCUT2D eigenvalue weighted by Gasteiger charge is 2.28. The molecule has 2 unspecified atom stereocenters. The average Bonchev–Trinajstić information content (AvgIpc) is 2.12. The van der Waals surface area contributed by atoms with Gasteiger partial charge in [0.25, 0.3) is 0 Å². The van der Waals surface area contributed by atoms with Gasteiger partial charge in [-0.15, -0.1) is 0 Å². The number of nitrogens with one attached hydrogen (secondary N) is 1. The van der Waals surface area contributed by atoms with Crippen molar-refractivity contribution in [3.63, 3.8) is 0 Å². The van der Waals surface area contributed by atoms with E-state index in [4.69, 9.17) is 4.74 Å². The molecule has 0 aliphatic carbocycles. The standard InChI is InChI=1S/C13H27NO/c1-10(2)11(3)9-14-12-6-7-15-13(4,5)8-12/h10-12,14H,6-9H2,1-5H3. The monoisotopic (exact) mass is 213 g/mol. The molecule has 2 nitrogen and oxygen atoms in total. The lowest BCUT2D eigenvalue weighted by Crippen LogP contribution is -2.45. The van der Waals surface area contributed by atoms with Gasteiger partial charge >= 0.3 is 0 Å². The van der Waals surface area contributed by atoms with Gasteiger partial charge in [-0.05, 0) is 45.1 Å². The predicted molar refractivity (Wildman–Crippen MR) is 65.1 cm³/mol. The fourth-order valence-corrected chi connectivity index (χ4v) is 1.99. The molecule has 2 heteroatoms. The van der Waals surface area contributed by atoms with E-state index >= 15 is 0 Å². The van der Waals surface area contributed by atoms with Gasteiger partial charge in [0.1, 0.15) is 0 Å². The Bertz CT molecular complexity index is 189. The van der Waals surface area contributed by atoms with E-state index in [9.17, 15) is 0 Å². The molecule has 0 aromatic carbocycles. The van der Waals surface area contributed by atoms with Crippen LogP contribution >= 0.6 is 0 Å². The first-order valence-corrected chi connectivity index (χ1v) is 6.28. The summed E-state index contributed by atoms with van der Waals surface area (Å²) >= 11 is 0. The van der Waals surface area contributed by atoms with Crippen LogP contribution in [0.3, 0.4) is 0 Å². The van der Waals surface area contributed by atoms with Crippen molar-refractivity contribution in [2.24, 2.45) is 11.8 Å². The highest BCUT2D eigenvalue weighted by atomic mass is 16.5. The van der Waals surface area contributed by atoms with Gasteiger partial charge < -0.3 is 10.1 Å². The molecule has 1 N–H and O–H groups in total. The SMILES string of the molecule is CC(C)C(C)CNC1CCOC(C)(C)C1. The molecule has 1 heterocycles. The van der Waals surface area contributed by atoms with Gasteiger partial charge in [0.2, 0.25) is 0 Å². The maximum absolute atomic E-state index is 5.71. The lowest BCUT2D eigenvalue weighted by atomic mass is 9.92. The lowest BCUT2D eigenvalue weighted by molar-refractivity contribution is -0.0632. The molecule has 1 aliphatic rings. The van der Waals surface area contributed by atoms with Gasteiger partial charge in [-0.1, -0.05) is 20.8 Å². The van der Waals surface area contributed by atoms with Crippen molar-refractivity contribution in [3.8, 4) is 0 Å². The number of hydrogen-bond donors (Lipinski definition) is 1. The topological polar surface area (TPSA) is 21.3 Å². The Kier molecular flexibility index (Phi) is 4.60. The van der Waals surface area contributed by atoms with Gasteiger partial charge in [0.15, 0.2) is 0 Å². The first-order chi connectivity index (χ1) is 6.91. The van der Waals surface area contributed by atoms with E-state index < -0.39 is 0 Å². The number of hydrogen-bond acceptors (Lipinski definition) is 2. The zero-order chi connectivity index (χ0) is 11.5. The Hall–Kier alpha value is -0.0800. The normalized spacial score (nSPS) is 28.0. The summed E-state index contributed by atoms with van der Waals surface area (Å²) in [6.45, 7) is 13.3. The van der Waals surface area contributed by atoms with Crippen LogP contribution in [0.15, 0.2) is 0 Å². The first-order valence-electron chi connectivity index (χ1n) is 6.28. The Balaban J connectivity index is 2.27. The molecule has 1 saturated heterocycles. The Morgan fingerprint density at radius 2 is 2.00 bits per heavy atom. The van der Waals surface area contributed by atoms with Crippen LogP contribution in [-0.4, -0.2) is 24.8 Å². The Labute approximate surface area is 94.8 Å². The second-order valence-electron chi connectivity index (χ2n) is 5.93. The molecule has 15 heavy (non-hydrogen) atoms. The summed E-state index contributed by atoms with van der Waals surface area (Å²) in [5.74, 6) is 1.53. The van der Waals surface area contributed by atoms with Crippen LogP contribution in [0.2, 0.25) is 0 Å². The van der Waals surface area contributed by atoms with Crippen molar-refractivity contribution in [1.29, 1.82) is 0 Å². The minimum Gasteiger partial charge on any atom is -0.375 e. The molecule has 90 valence electrons. The molecule has 1 aliphatic heterocycles. The quantitative estimate of drug-likeness (QED) is 0.775.